The highest BCUT2D eigenvalue weighted by atomic mass is 16.4. The van der Waals surface area contributed by atoms with Crippen LogP contribution in [0.2, 0.25) is 0 Å². The molecule has 1 atom stereocenters. The van der Waals surface area contributed by atoms with Crippen molar-refractivity contribution in [3.63, 3.8) is 0 Å². The highest BCUT2D eigenvalue weighted by Gasteiger charge is 2.35. The second kappa shape index (κ2) is 3.80. The third kappa shape index (κ3) is 1.52. The number of hydrogen-bond donors (Lipinski definition) is 2. The predicted octanol–water partition coefficient (Wildman–Crippen LogP) is 1.81. The number of furan rings is 1. The molecule has 0 amide bonds. The highest BCUT2D eigenvalue weighted by Crippen LogP contribution is 2.35. The Morgan fingerprint density at radius 3 is 2.58 bits per heavy atom. The van der Waals surface area contributed by atoms with E-state index in [0.717, 1.165) is 0 Å². The molecular weight excluding hydrogens is 248 g/mol. The first kappa shape index (κ1) is 11.7. The molecule has 0 saturated carbocycles. The van der Waals surface area contributed by atoms with Crippen molar-refractivity contribution in [3.05, 3.63) is 52.5 Å². The number of rotatable bonds is 1. The van der Waals surface area contributed by atoms with Crippen molar-refractivity contribution < 1.29 is 24.2 Å². The van der Waals surface area contributed by atoms with Gasteiger partial charge in [0.05, 0.1) is 11.1 Å². The Hall–Kier alpha value is -2.40. The molecule has 96 valence electrons. The minimum absolute atomic E-state index is 0.0158. The van der Waals surface area contributed by atoms with Crippen LogP contribution >= 0.6 is 0 Å². The van der Waals surface area contributed by atoms with Crippen molar-refractivity contribution in [3.8, 4) is 5.75 Å². The first-order chi connectivity index (χ1) is 9.00. The van der Waals surface area contributed by atoms with E-state index in [1.165, 1.54) is 31.2 Å². The fourth-order valence-corrected chi connectivity index (χ4v) is 2.18. The number of phenols is 1. The maximum Gasteiger partial charge on any atom is 0.229 e. The molecule has 5 nitrogen and oxygen atoms in total. The van der Waals surface area contributed by atoms with Gasteiger partial charge in [0.2, 0.25) is 11.6 Å². The predicted molar refractivity (Wildman–Crippen MR) is 64.3 cm³/mol. The maximum absolute atomic E-state index is 12.3. The van der Waals surface area contributed by atoms with Gasteiger partial charge in [-0.15, -0.1) is 0 Å². The molecule has 1 aromatic heterocycles. The first-order valence-electron chi connectivity index (χ1n) is 5.74. The standard InChI is InChI=1S/C14H10O5/c1-6(15)10-5-8-12(17)11-7(3-2-4-9(11)16)13(18)14(8)19-10/h2-6,15-16H,1H3/t6-/m0/s1. The van der Waals surface area contributed by atoms with Crippen LogP contribution in [0.4, 0.5) is 0 Å². The van der Waals surface area contributed by atoms with Crippen LogP contribution in [0.5, 0.6) is 5.75 Å². The Labute approximate surface area is 108 Å². The summed E-state index contributed by atoms with van der Waals surface area (Å²) in [5.74, 6) is -1.11. The molecule has 0 bridgehead atoms. The first-order valence-corrected chi connectivity index (χ1v) is 5.74. The maximum atomic E-state index is 12.3. The number of carbonyl (C=O) groups excluding carboxylic acids is 2. The van der Waals surface area contributed by atoms with Crippen molar-refractivity contribution in [1.82, 2.24) is 0 Å². The van der Waals surface area contributed by atoms with Gasteiger partial charge in [-0.25, -0.2) is 0 Å². The second-order valence-corrected chi connectivity index (χ2v) is 4.43. The van der Waals surface area contributed by atoms with Gasteiger partial charge in [-0.05, 0) is 25.1 Å². The summed E-state index contributed by atoms with van der Waals surface area (Å²) in [5.41, 5.74) is 0.178. The summed E-state index contributed by atoms with van der Waals surface area (Å²) < 4.78 is 5.24. The molecule has 1 heterocycles. The van der Waals surface area contributed by atoms with Gasteiger partial charge < -0.3 is 14.6 Å². The molecule has 2 aromatic rings. The number of ketones is 2. The zero-order chi connectivity index (χ0) is 13.7. The van der Waals surface area contributed by atoms with Crippen molar-refractivity contribution in [1.29, 1.82) is 0 Å². The average molecular weight is 258 g/mol. The number of aliphatic hydroxyl groups is 1. The minimum atomic E-state index is -0.914. The normalized spacial score (nSPS) is 15.1. The van der Waals surface area contributed by atoms with Crippen molar-refractivity contribution in [2.45, 2.75) is 13.0 Å². The third-order valence-corrected chi connectivity index (χ3v) is 3.13. The van der Waals surface area contributed by atoms with E-state index in [0.29, 0.717) is 0 Å². The van der Waals surface area contributed by atoms with E-state index in [9.17, 15) is 19.8 Å². The Bertz CT molecular complexity index is 709. The summed E-state index contributed by atoms with van der Waals surface area (Å²) >= 11 is 0. The van der Waals surface area contributed by atoms with Gasteiger partial charge in [-0.3, -0.25) is 9.59 Å². The lowest BCUT2D eigenvalue weighted by atomic mass is 9.88. The third-order valence-electron chi connectivity index (χ3n) is 3.13. The SMILES string of the molecule is C[C@H](O)c1cc2c(o1)C(=O)c1cccc(O)c1C2=O. The summed E-state index contributed by atoms with van der Waals surface area (Å²) in [5, 5.41) is 19.2. The molecule has 2 N–H and O–H groups in total. The lowest BCUT2D eigenvalue weighted by molar-refractivity contribution is 0.0951. The Morgan fingerprint density at radius 1 is 1.16 bits per heavy atom. The highest BCUT2D eigenvalue weighted by molar-refractivity contribution is 6.28. The van der Waals surface area contributed by atoms with Crippen molar-refractivity contribution >= 4 is 11.6 Å². The van der Waals surface area contributed by atoms with Gasteiger partial charge in [0.15, 0.2) is 5.76 Å². The van der Waals surface area contributed by atoms with E-state index in [1.54, 1.807) is 0 Å². The average Bonchev–Trinajstić information content (AvgIpc) is 2.81. The van der Waals surface area contributed by atoms with Crippen LogP contribution in [0.15, 0.2) is 28.7 Å². The van der Waals surface area contributed by atoms with Crippen LogP contribution < -0.4 is 0 Å². The molecule has 1 aliphatic carbocycles. The van der Waals surface area contributed by atoms with Crippen molar-refractivity contribution in [2.24, 2.45) is 0 Å². The minimum Gasteiger partial charge on any atom is -0.507 e. The van der Waals surface area contributed by atoms with Crippen LogP contribution in [-0.2, 0) is 0 Å². The lowest BCUT2D eigenvalue weighted by Crippen LogP contribution is -2.19. The van der Waals surface area contributed by atoms with E-state index in [1.807, 2.05) is 0 Å². The molecule has 0 spiro atoms. The van der Waals surface area contributed by atoms with E-state index in [2.05, 4.69) is 0 Å². The zero-order valence-corrected chi connectivity index (χ0v) is 10.0. The fourth-order valence-electron chi connectivity index (χ4n) is 2.18. The van der Waals surface area contributed by atoms with E-state index < -0.39 is 17.7 Å². The van der Waals surface area contributed by atoms with E-state index >= 15 is 0 Å². The topological polar surface area (TPSA) is 87.7 Å². The van der Waals surface area contributed by atoms with Crippen LogP contribution in [0.3, 0.4) is 0 Å². The van der Waals surface area contributed by atoms with Crippen molar-refractivity contribution in [2.75, 3.05) is 0 Å². The largest absolute Gasteiger partial charge is 0.507 e. The molecule has 0 aliphatic heterocycles. The Balaban J connectivity index is 2.27. The molecular formula is C14H10O5. The van der Waals surface area contributed by atoms with Gasteiger partial charge >= 0.3 is 0 Å². The number of benzene rings is 1. The van der Waals surface area contributed by atoms with E-state index in [-0.39, 0.29) is 34.0 Å². The molecule has 5 heteroatoms. The number of aromatic hydroxyl groups is 1. The summed E-state index contributed by atoms with van der Waals surface area (Å²) in [6.45, 7) is 1.48. The smallest absolute Gasteiger partial charge is 0.229 e. The van der Waals surface area contributed by atoms with E-state index in [4.69, 9.17) is 4.42 Å². The number of phenolic OH excluding ortho intramolecular Hbond substituents is 1. The summed E-state index contributed by atoms with van der Waals surface area (Å²) in [7, 11) is 0. The summed E-state index contributed by atoms with van der Waals surface area (Å²) in [6.07, 6.45) is -0.914. The van der Waals surface area contributed by atoms with Gasteiger partial charge in [-0.2, -0.15) is 0 Å². The molecule has 0 unspecified atom stereocenters. The zero-order valence-electron chi connectivity index (χ0n) is 10.0. The van der Waals surface area contributed by atoms with Gasteiger partial charge in [-0.1, -0.05) is 6.07 Å². The Kier molecular flexibility index (Phi) is 2.33. The number of aliphatic hydroxyl groups excluding tert-OH is 1. The Morgan fingerprint density at radius 2 is 1.89 bits per heavy atom. The molecule has 0 fully saturated rings. The molecule has 0 radical (unpaired) electrons. The van der Waals surface area contributed by atoms with Crippen LogP contribution in [0.25, 0.3) is 0 Å². The van der Waals surface area contributed by atoms with Crippen LogP contribution in [-0.4, -0.2) is 21.8 Å². The van der Waals surface area contributed by atoms with Gasteiger partial charge in [0, 0.05) is 5.56 Å². The summed E-state index contributed by atoms with van der Waals surface area (Å²) in [6, 6.07) is 5.64. The second-order valence-electron chi connectivity index (χ2n) is 4.43. The molecule has 19 heavy (non-hydrogen) atoms. The number of fused-ring (bicyclic) bond motifs is 2. The van der Waals surface area contributed by atoms with Crippen LogP contribution in [0.1, 0.15) is 50.8 Å². The fraction of sp³-hybridized carbons (Fsp3) is 0.143. The van der Waals surface area contributed by atoms with Crippen LogP contribution in [0, 0.1) is 0 Å². The monoisotopic (exact) mass is 258 g/mol. The molecule has 1 aliphatic rings. The van der Waals surface area contributed by atoms with Gasteiger partial charge in [0.1, 0.15) is 17.6 Å². The lowest BCUT2D eigenvalue weighted by Gasteiger charge is -2.13. The summed E-state index contributed by atoms with van der Waals surface area (Å²) in [4.78, 5) is 24.5. The molecule has 0 saturated heterocycles. The molecule has 1 aromatic carbocycles. The number of hydrogen-bond acceptors (Lipinski definition) is 5. The quantitative estimate of drug-likeness (QED) is 0.695. The van der Waals surface area contributed by atoms with Gasteiger partial charge in [0.25, 0.3) is 0 Å². The molecule has 3 rings (SSSR count). The number of carbonyl (C=O) groups is 2.